The number of rotatable bonds is 10. The van der Waals surface area contributed by atoms with Crippen LogP contribution in [-0.4, -0.2) is 49.5 Å². The number of nitrogen functional groups attached to an aromatic ring is 1. The molecule has 1 saturated carbocycles. The number of aromatic nitrogens is 1. The molecule has 0 bridgehead atoms. The number of methoxy groups -OCH3 is 3. The van der Waals surface area contributed by atoms with Crippen LogP contribution in [0.1, 0.15) is 75.0 Å². The molecule has 1 aliphatic carbocycles. The Hall–Kier alpha value is -4.32. The van der Waals surface area contributed by atoms with Gasteiger partial charge in [0.15, 0.2) is 17.2 Å². The third kappa shape index (κ3) is 6.13. The molecule has 1 atom stereocenters. The molecule has 1 heterocycles. The number of hydrogen-bond acceptors (Lipinski definition) is 9. The Morgan fingerprint density at radius 3 is 2.19 bits per heavy atom. The van der Waals surface area contributed by atoms with Crippen molar-refractivity contribution in [1.29, 1.82) is 0 Å². The van der Waals surface area contributed by atoms with Crippen LogP contribution in [-0.2, 0) is 4.79 Å². The van der Waals surface area contributed by atoms with Gasteiger partial charge in [0, 0.05) is 11.7 Å². The van der Waals surface area contributed by atoms with Gasteiger partial charge in [0.05, 0.1) is 27.0 Å². The van der Waals surface area contributed by atoms with E-state index in [1.807, 2.05) is 32.0 Å². The van der Waals surface area contributed by atoms with E-state index in [1.165, 1.54) is 26.2 Å². The number of anilines is 2. The smallest absolute Gasteiger partial charge is 0.273 e. The van der Waals surface area contributed by atoms with E-state index in [4.69, 9.17) is 25.7 Å². The van der Waals surface area contributed by atoms with Crippen LogP contribution in [0.3, 0.4) is 0 Å². The summed E-state index contributed by atoms with van der Waals surface area (Å²) in [6.07, 6.45) is 4.81. The summed E-state index contributed by atoms with van der Waals surface area (Å²) in [5.74, 6) is -0.852. The minimum atomic E-state index is -1.19. The molecular weight excluding hydrogens is 558 g/mol. The molecule has 3 amide bonds. The van der Waals surface area contributed by atoms with Crippen LogP contribution in [0.25, 0.3) is 0 Å². The van der Waals surface area contributed by atoms with Crippen molar-refractivity contribution in [2.75, 3.05) is 32.0 Å². The first-order valence-electron chi connectivity index (χ1n) is 13.7. The lowest BCUT2D eigenvalue weighted by Gasteiger charge is -2.34. The highest BCUT2D eigenvalue weighted by molar-refractivity contribution is 7.09. The Bertz CT molecular complexity index is 1460. The molecule has 11 nitrogen and oxygen atoms in total. The van der Waals surface area contributed by atoms with E-state index in [0.29, 0.717) is 28.5 Å². The lowest BCUT2D eigenvalue weighted by atomic mass is 9.94. The van der Waals surface area contributed by atoms with Gasteiger partial charge < -0.3 is 31.0 Å². The first kappa shape index (κ1) is 30.6. The van der Waals surface area contributed by atoms with Gasteiger partial charge in [-0.2, -0.15) is 4.37 Å². The summed E-state index contributed by atoms with van der Waals surface area (Å²) >= 11 is 0.759. The summed E-state index contributed by atoms with van der Waals surface area (Å²) in [5.41, 5.74) is 13.9. The number of ether oxygens (including phenoxy) is 3. The number of nitrogens with zero attached hydrogens (tertiary/aromatic N) is 2. The Morgan fingerprint density at radius 1 is 1.00 bits per heavy atom. The standard InChI is InChI=1S/C30H37N5O6S/c1-16-11-12-17(2)20(13-16)35(30(38)27-23(31)24(28(32)36)34-42-27)25(29(37)33-19-9-7-6-8-10-19)18-14-21(39-3)26(41-5)22(15-18)40-4/h11-15,19,25H,6-10,31H2,1-5H3,(H2,32,36)(H,33,37)/t25-/m1/s1. The second-order valence-corrected chi connectivity index (χ2v) is 11.1. The highest BCUT2D eigenvalue weighted by Gasteiger charge is 2.38. The summed E-state index contributed by atoms with van der Waals surface area (Å²) in [5, 5.41) is 3.19. The number of nitrogens with two attached hydrogens (primary N) is 2. The van der Waals surface area contributed by atoms with E-state index in [0.717, 1.165) is 54.8 Å². The maximum atomic E-state index is 14.5. The molecule has 5 N–H and O–H groups in total. The summed E-state index contributed by atoms with van der Waals surface area (Å²) < 4.78 is 20.8. The Balaban J connectivity index is 1.98. The summed E-state index contributed by atoms with van der Waals surface area (Å²) in [7, 11) is 4.45. The molecule has 0 spiro atoms. The average Bonchev–Trinajstić information content (AvgIpc) is 3.38. The second-order valence-electron chi connectivity index (χ2n) is 10.3. The lowest BCUT2D eigenvalue weighted by Crippen LogP contribution is -2.47. The van der Waals surface area contributed by atoms with E-state index in [2.05, 4.69) is 9.69 Å². The zero-order chi connectivity index (χ0) is 30.6. The van der Waals surface area contributed by atoms with Gasteiger partial charge in [-0.15, -0.1) is 0 Å². The fraction of sp³-hybridized carbons (Fsp3) is 0.400. The molecule has 4 rings (SSSR count). The number of hydrogen-bond donors (Lipinski definition) is 3. The maximum Gasteiger partial charge on any atom is 0.273 e. The number of nitrogens with one attached hydrogen (secondary N) is 1. The van der Waals surface area contributed by atoms with Crippen LogP contribution >= 0.6 is 11.5 Å². The number of benzene rings is 2. The van der Waals surface area contributed by atoms with Crippen LogP contribution in [0.15, 0.2) is 30.3 Å². The number of amides is 3. The van der Waals surface area contributed by atoms with Gasteiger partial charge in [-0.25, -0.2) is 0 Å². The molecule has 1 aliphatic rings. The predicted octanol–water partition coefficient (Wildman–Crippen LogP) is 4.30. The molecule has 12 heteroatoms. The van der Waals surface area contributed by atoms with Gasteiger partial charge in [0.25, 0.3) is 11.8 Å². The molecule has 0 unspecified atom stereocenters. The van der Waals surface area contributed by atoms with Gasteiger partial charge in [0.2, 0.25) is 11.7 Å². The summed E-state index contributed by atoms with van der Waals surface area (Å²) in [4.78, 5) is 42.2. The average molecular weight is 596 g/mol. The highest BCUT2D eigenvalue weighted by atomic mass is 32.1. The van der Waals surface area contributed by atoms with Crippen molar-refractivity contribution in [1.82, 2.24) is 9.69 Å². The van der Waals surface area contributed by atoms with Crippen molar-refractivity contribution in [2.24, 2.45) is 5.73 Å². The molecule has 1 aromatic heterocycles. The van der Waals surface area contributed by atoms with Crippen molar-refractivity contribution in [2.45, 2.75) is 58.0 Å². The minimum absolute atomic E-state index is 0.00684. The van der Waals surface area contributed by atoms with Crippen molar-refractivity contribution in [3.05, 3.63) is 57.6 Å². The fourth-order valence-corrected chi connectivity index (χ4v) is 6.03. The van der Waals surface area contributed by atoms with E-state index in [1.54, 1.807) is 12.1 Å². The lowest BCUT2D eigenvalue weighted by molar-refractivity contribution is -0.123. The minimum Gasteiger partial charge on any atom is -0.493 e. The molecule has 42 heavy (non-hydrogen) atoms. The highest BCUT2D eigenvalue weighted by Crippen LogP contribution is 2.43. The molecule has 0 saturated heterocycles. The SMILES string of the molecule is COc1cc([C@H](C(=O)NC2CCCCC2)N(C(=O)c2snc(C(N)=O)c2N)c2cc(C)ccc2C)cc(OC)c1OC. The second kappa shape index (κ2) is 13.1. The molecule has 3 aromatic rings. The van der Waals surface area contributed by atoms with E-state index >= 15 is 0 Å². The number of carbonyl (C=O) groups is 3. The monoisotopic (exact) mass is 595 g/mol. The number of primary amides is 1. The zero-order valence-corrected chi connectivity index (χ0v) is 25.3. The molecule has 1 fully saturated rings. The third-order valence-corrected chi connectivity index (χ3v) is 8.31. The van der Waals surface area contributed by atoms with Crippen LogP contribution in [0.2, 0.25) is 0 Å². The molecule has 224 valence electrons. The Kier molecular flexibility index (Phi) is 9.56. The van der Waals surface area contributed by atoms with Crippen molar-refractivity contribution in [3.63, 3.8) is 0 Å². The molecular formula is C30H37N5O6S. The molecule has 0 radical (unpaired) electrons. The van der Waals surface area contributed by atoms with Crippen LogP contribution in [0.4, 0.5) is 11.4 Å². The van der Waals surface area contributed by atoms with Crippen molar-refractivity contribution < 1.29 is 28.6 Å². The predicted molar refractivity (Wildman–Crippen MR) is 162 cm³/mol. The van der Waals surface area contributed by atoms with E-state index in [9.17, 15) is 14.4 Å². The quantitative estimate of drug-likeness (QED) is 0.313. The maximum absolute atomic E-state index is 14.5. The van der Waals surface area contributed by atoms with Crippen LogP contribution in [0, 0.1) is 13.8 Å². The molecule has 2 aromatic carbocycles. The largest absolute Gasteiger partial charge is 0.493 e. The summed E-state index contributed by atoms with van der Waals surface area (Å²) in [6.45, 7) is 3.75. The number of carbonyl (C=O) groups excluding carboxylic acids is 3. The topological polar surface area (TPSA) is 159 Å². The van der Waals surface area contributed by atoms with E-state index in [-0.39, 0.29) is 28.2 Å². The van der Waals surface area contributed by atoms with Crippen molar-refractivity contribution in [3.8, 4) is 17.2 Å². The van der Waals surface area contributed by atoms with Crippen LogP contribution in [0.5, 0.6) is 17.2 Å². The van der Waals surface area contributed by atoms with Gasteiger partial charge in [-0.1, -0.05) is 31.4 Å². The first-order chi connectivity index (χ1) is 20.1. The van der Waals surface area contributed by atoms with Gasteiger partial charge >= 0.3 is 0 Å². The first-order valence-corrected chi connectivity index (χ1v) is 14.4. The Labute approximate surface area is 249 Å². The van der Waals surface area contributed by atoms with Gasteiger partial charge in [-0.3, -0.25) is 19.3 Å². The van der Waals surface area contributed by atoms with Gasteiger partial charge in [-0.05, 0) is 73.1 Å². The Morgan fingerprint density at radius 2 is 1.64 bits per heavy atom. The van der Waals surface area contributed by atoms with Crippen LogP contribution < -0.4 is 35.9 Å². The third-order valence-electron chi connectivity index (χ3n) is 7.46. The summed E-state index contributed by atoms with van der Waals surface area (Å²) in [6, 6.07) is 7.71. The molecule has 0 aliphatic heterocycles. The zero-order valence-electron chi connectivity index (χ0n) is 24.5. The normalized spacial score (nSPS) is 14.1. The van der Waals surface area contributed by atoms with Gasteiger partial charge in [0.1, 0.15) is 10.9 Å². The number of aryl methyl sites for hydroxylation is 2. The van der Waals surface area contributed by atoms with Crippen molar-refractivity contribution >= 4 is 40.6 Å². The van der Waals surface area contributed by atoms with E-state index < -0.39 is 17.9 Å². The fourth-order valence-electron chi connectivity index (χ4n) is 5.29.